The van der Waals surface area contributed by atoms with Gasteiger partial charge >= 0.3 is 51.4 Å². The van der Waals surface area contributed by atoms with Gasteiger partial charge in [0.2, 0.25) is 0 Å². The molecule has 5 heteroatoms. The van der Waals surface area contributed by atoms with Gasteiger partial charge in [-0.25, -0.2) is 0 Å². The molecule has 0 aliphatic carbocycles. The molecule has 0 saturated carbocycles. The van der Waals surface area contributed by atoms with E-state index in [1.165, 1.54) is 0 Å². The Hall–Kier alpha value is 2.80. The summed E-state index contributed by atoms with van der Waals surface area (Å²) in [5.41, 5.74) is 0. The van der Waals surface area contributed by atoms with Crippen molar-refractivity contribution in [1.82, 2.24) is 0 Å². The minimum Gasteiger partial charge on any atom is -1.00 e. The van der Waals surface area contributed by atoms with Crippen LogP contribution >= 0.6 is 34.8 Å². The molecule has 0 spiro atoms. The van der Waals surface area contributed by atoms with Crippen LogP contribution in [0, 0.1) is 0 Å². The van der Waals surface area contributed by atoms with Crippen molar-refractivity contribution in [3.63, 3.8) is 0 Å². The van der Waals surface area contributed by atoms with E-state index in [-0.39, 0.29) is 63.8 Å². The molecule has 0 fully saturated rings. The van der Waals surface area contributed by atoms with Gasteiger partial charge in [0.25, 0.3) is 0 Å². The van der Waals surface area contributed by atoms with Crippen LogP contribution in [0.15, 0.2) is 0 Å². The summed E-state index contributed by atoms with van der Waals surface area (Å²) < 4.78 is -0.750. The first-order valence-corrected chi connectivity index (χ1v) is 1.96. The first kappa shape index (κ1) is 15.9. The van der Waals surface area contributed by atoms with Crippen LogP contribution in [-0.2, 0) is 0 Å². The topological polar surface area (TPSA) is 0 Å². The number of hydrogen-bond donors (Lipinski definition) is 0. The van der Waals surface area contributed by atoms with Gasteiger partial charge in [0, 0.05) is 0 Å². The Bertz CT molecular complexity index is 12.3. The SMILES string of the molecule is ClC(Cl)Cl.[Cl-].[K+]. The normalized spacial score (nSPS) is 6.00. The third-order valence-electron chi connectivity index (χ3n) is 0. The van der Waals surface area contributed by atoms with E-state index in [0.717, 1.165) is 0 Å². The molecular formula is CHCl4K. The van der Waals surface area contributed by atoms with Crippen LogP contribution in [-0.4, -0.2) is 4.30 Å². The van der Waals surface area contributed by atoms with Gasteiger partial charge < -0.3 is 12.4 Å². The monoisotopic (exact) mass is 192 g/mol. The van der Waals surface area contributed by atoms with Gasteiger partial charge in [0.15, 0.2) is 4.30 Å². The van der Waals surface area contributed by atoms with Gasteiger partial charge in [0.1, 0.15) is 0 Å². The molecule has 0 atom stereocenters. The molecule has 0 radical (unpaired) electrons. The van der Waals surface area contributed by atoms with E-state index in [1.807, 2.05) is 0 Å². The van der Waals surface area contributed by atoms with Gasteiger partial charge in [0.05, 0.1) is 0 Å². The minimum absolute atomic E-state index is 0. The first-order chi connectivity index (χ1) is 1.73. The Morgan fingerprint density at radius 3 is 1.00 bits per heavy atom. The Morgan fingerprint density at radius 2 is 1.00 bits per heavy atom. The largest absolute Gasteiger partial charge is 1.00 e. The van der Waals surface area contributed by atoms with Crippen LogP contribution in [0.25, 0.3) is 0 Å². The van der Waals surface area contributed by atoms with Crippen molar-refractivity contribution in [2.75, 3.05) is 0 Å². The fourth-order valence-corrected chi connectivity index (χ4v) is 0. The quantitative estimate of drug-likeness (QED) is 0.272. The number of hydrogen-bond acceptors (Lipinski definition) is 0. The van der Waals surface area contributed by atoms with Gasteiger partial charge in [-0.3, -0.25) is 0 Å². The molecule has 0 saturated heterocycles. The Labute approximate surface area is 101 Å². The van der Waals surface area contributed by atoms with Crippen LogP contribution in [0.5, 0.6) is 0 Å². The number of rotatable bonds is 0. The van der Waals surface area contributed by atoms with Crippen molar-refractivity contribution in [3.05, 3.63) is 0 Å². The van der Waals surface area contributed by atoms with E-state index in [4.69, 9.17) is 34.8 Å². The number of halogens is 4. The standard InChI is InChI=1S/CHCl3.ClH.K/c2-1(3)4;;/h1H;1H;/q;;+1/p-1. The maximum absolute atomic E-state index is 4.81. The second-order valence-corrected chi connectivity index (χ2v) is 2.23. The molecule has 0 aliphatic rings. The summed E-state index contributed by atoms with van der Waals surface area (Å²) in [4.78, 5) is 0. The predicted octanol–water partition coefficient (Wildman–Crippen LogP) is -4.01. The van der Waals surface area contributed by atoms with E-state index in [2.05, 4.69) is 0 Å². The zero-order valence-electron chi connectivity index (χ0n) is 3.09. The Balaban J connectivity index is -0.0000000450. The predicted molar refractivity (Wildman–Crippen MR) is 21.3 cm³/mol. The van der Waals surface area contributed by atoms with Gasteiger partial charge in [-0.2, -0.15) is 0 Å². The van der Waals surface area contributed by atoms with E-state index in [0.29, 0.717) is 0 Å². The molecule has 0 rings (SSSR count). The molecule has 0 aliphatic heterocycles. The average molecular weight is 194 g/mol. The molecule has 0 N–H and O–H groups in total. The van der Waals surface area contributed by atoms with Crippen molar-refractivity contribution in [2.45, 2.75) is 4.30 Å². The maximum Gasteiger partial charge on any atom is 1.00 e. The smallest absolute Gasteiger partial charge is 1.00 e. The maximum atomic E-state index is 4.81. The summed E-state index contributed by atoms with van der Waals surface area (Å²) in [6.07, 6.45) is 0. The molecule has 6 heavy (non-hydrogen) atoms. The van der Waals surface area contributed by atoms with Crippen LogP contribution in [0.4, 0.5) is 0 Å². The van der Waals surface area contributed by atoms with Crippen molar-refractivity contribution in [3.8, 4) is 0 Å². The number of alkyl halides is 3. The summed E-state index contributed by atoms with van der Waals surface area (Å²) in [6.45, 7) is 0. The van der Waals surface area contributed by atoms with E-state index in [1.54, 1.807) is 0 Å². The molecule has 0 aromatic rings. The van der Waals surface area contributed by atoms with Crippen molar-refractivity contribution < 1.29 is 63.8 Å². The summed E-state index contributed by atoms with van der Waals surface area (Å²) in [7, 11) is 0. The zero-order chi connectivity index (χ0) is 3.58. The van der Waals surface area contributed by atoms with Gasteiger partial charge in [-0.05, 0) is 0 Å². The average Bonchev–Trinajstić information content (AvgIpc) is 0.811. The second-order valence-electron chi connectivity index (χ2n) is 0.247. The van der Waals surface area contributed by atoms with Crippen molar-refractivity contribution in [2.24, 2.45) is 0 Å². The molecule has 0 unspecified atom stereocenters. The summed E-state index contributed by atoms with van der Waals surface area (Å²) in [5, 5.41) is 0. The van der Waals surface area contributed by atoms with Crippen molar-refractivity contribution in [1.29, 1.82) is 0 Å². The van der Waals surface area contributed by atoms with Gasteiger partial charge in [-0.1, -0.05) is 34.8 Å². The van der Waals surface area contributed by atoms with E-state index in [9.17, 15) is 0 Å². The van der Waals surface area contributed by atoms with E-state index >= 15 is 0 Å². The summed E-state index contributed by atoms with van der Waals surface area (Å²) in [5.74, 6) is 0. The first-order valence-electron chi connectivity index (χ1n) is 0.655. The Morgan fingerprint density at radius 1 is 1.00 bits per heavy atom. The molecule has 0 aromatic carbocycles. The Kier molecular flexibility index (Phi) is 28.4. The van der Waals surface area contributed by atoms with E-state index < -0.39 is 4.30 Å². The summed E-state index contributed by atoms with van der Waals surface area (Å²) >= 11 is 14.4. The van der Waals surface area contributed by atoms with Crippen LogP contribution < -0.4 is 63.8 Å². The summed E-state index contributed by atoms with van der Waals surface area (Å²) in [6, 6.07) is 0. The fraction of sp³-hybridized carbons (Fsp3) is 1.00. The third-order valence-corrected chi connectivity index (χ3v) is 0. The van der Waals surface area contributed by atoms with Crippen LogP contribution in [0.2, 0.25) is 0 Å². The molecule has 34 valence electrons. The molecule has 0 bridgehead atoms. The molecular weight excluding hydrogens is 193 g/mol. The molecule has 0 nitrogen and oxygen atoms in total. The zero-order valence-corrected chi connectivity index (χ0v) is 9.24. The minimum atomic E-state index is -0.750. The molecule has 0 aromatic heterocycles. The second kappa shape index (κ2) is 10.7. The molecule has 0 amide bonds. The van der Waals surface area contributed by atoms with Crippen molar-refractivity contribution >= 4 is 34.8 Å². The van der Waals surface area contributed by atoms with Gasteiger partial charge in [-0.15, -0.1) is 0 Å². The van der Waals surface area contributed by atoms with Crippen LogP contribution in [0.3, 0.4) is 0 Å². The van der Waals surface area contributed by atoms with Crippen LogP contribution in [0.1, 0.15) is 0 Å². The molecule has 0 heterocycles. The fourth-order valence-electron chi connectivity index (χ4n) is 0. The third kappa shape index (κ3) is 29.2.